The van der Waals surface area contributed by atoms with Crippen LogP contribution in [-0.2, 0) is 0 Å². The van der Waals surface area contributed by atoms with Crippen LogP contribution < -0.4 is 0 Å². The highest BCUT2D eigenvalue weighted by Gasteiger charge is 2.33. The van der Waals surface area contributed by atoms with Crippen molar-refractivity contribution >= 4 is 35.0 Å². The summed E-state index contributed by atoms with van der Waals surface area (Å²) in [5, 5.41) is 1.53. The van der Waals surface area contributed by atoms with E-state index in [1.54, 1.807) is 0 Å². The third-order valence-electron chi connectivity index (χ3n) is 8.35. The Hall–Kier alpha value is -5.29. The molecule has 0 N–H and O–H groups in total. The van der Waals surface area contributed by atoms with Crippen LogP contribution >= 0.6 is 0 Å². The first-order chi connectivity index (χ1) is 21.5. The van der Waals surface area contributed by atoms with Gasteiger partial charge in [-0.15, -0.1) is 0 Å². The number of aliphatic imine (C=N–C) groups is 1. The number of aryl methyl sites for hydroxylation is 2. The molecule has 0 radical (unpaired) electrons. The summed E-state index contributed by atoms with van der Waals surface area (Å²) in [4.78, 5) is 5.23. The first-order valence-electron chi connectivity index (χ1n) is 14.7. The van der Waals surface area contributed by atoms with Gasteiger partial charge in [-0.3, -0.25) is 8.63 Å². The molecule has 212 valence electrons. The first-order valence-corrected chi connectivity index (χ1v) is 14.7. The Bertz CT molecular complexity index is 2090. The van der Waals surface area contributed by atoms with E-state index in [1.165, 1.54) is 4.48 Å². The number of aromatic nitrogens is 1. The van der Waals surface area contributed by atoms with E-state index < -0.39 is 7.40 Å². The van der Waals surface area contributed by atoms with Crippen molar-refractivity contribution in [2.45, 2.75) is 13.8 Å². The third-order valence-corrected chi connectivity index (χ3v) is 8.35. The van der Waals surface area contributed by atoms with Gasteiger partial charge in [0.25, 0.3) is 0 Å². The average molecular weight is 574 g/mol. The van der Waals surface area contributed by atoms with Crippen LogP contribution in [0.25, 0.3) is 33.2 Å². The Morgan fingerprint density at radius 2 is 1.20 bits per heavy atom. The lowest BCUT2D eigenvalue weighted by atomic mass is 9.92. The monoisotopic (exact) mass is 574 g/mol. The maximum absolute atomic E-state index is 15.6. The summed E-state index contributed by atoms with van der Waals surface area (Å²) in [7, 11) is -2.79. The van der Waals surface area contributed by atoms with Crippen molar-refractivity contribution in [2.75, 3.05) is 0 Å². The molecule has 0 fully saturated rings. The third kappa shape index (κ3) is 4.81. The second-order valence-corrected chi connectivity index (χ2v) is 11.1. The van der Waals surface area contributed by atoms with Crippen LogP contribution in [0.5, 0.6) is 0 Å². The smallest absolute Gasteiger partial charge is 0.324 e. The molecule has 1 aliphatic heterocycles. The van der Waals surface area contributed by atoms with Crippen LogP contribution in [0.2, 0.25) is 0 Å². The van der Waals surface area contributed by atoms with E-state index in [0.29, 0.717) is 22.7 Å². The predicted octanol–water partition coefficient (Wildman–Crippen LogP) is 10.0. The largest absolute Gasteiger partial charge is 0.678 e. The summed E-state index contributed by atoms with van der Waals surface area (Å²) in [5.41, 5.74) is 9.65. The fraction of sp³-hybridized carbons (Fsp3) is 0.0513. The van der Waals surface area contributed by atoms with Crippen LogP contribution in [0.3, 0.4) is 0 Å². The van der Waals surface area contributed by atoms with Gasteiger partial charge in [0.15, 0.2) is 0 Å². The summed E-state index contributed by atoms with van der Waals surface area (Å²) in [6.45, 7) is 4.05. The molecule has 1 aliphatic rings. The molecule has 0 aliphatic carbocycles. The molecule has 0 bridgehead atoms. The number of rotatable bonds is 6. The van der Waals surface area contributed by atoms with Crippen molar-refractivity contribution in [1.82, 2.24) is 4.48 Å². The standard InChI is InChI=1S/C39H29BF2N2/c1-26-22-23-31(24-27(26)2)38-32-20-12-13-21-33(32)39(44(38)40(41)42)36(30-18-10-5-11-19-30)37-34(28-14-6-3-7-15-28)25-35(43-37)29-16-8-4-9-17-29/h3-25H,1-2H3/b37-36-. The minimum absolute atomic E-state index is 0.449. The number of halogens is 2. The van der Waals surface area contributed by atoms with Gasteiger partial charge in [0.1, 0.15) is 0 Å². The van der Waals surface area contributed by atoms with Crippen LogP contribution in [-0.4, -0.2) is 17.6 Å². The Labute approximate surface area is 256 Å². The Morgan fingerprint density at radius 1 is 0.614 bits per heavy atom. The van der Waals surface area contributed by atoms with Gasteiger partial charge in [0, 0.05) is 33.2 Å². The van der Waals surface area contributed by atoms with Gasteiger partial charge in [0.2, 0.25) is 0 Å². The Kier molecular flexibility index (Phi) is 7.15. The van der Waals surface area contributed by atoms with Gasteiger partial charge in [0.05, 0.1) is 17.1 Å². The highest BCUT2D eigenvalue weighted by Crippen LogP contribution is 2.45. The van der Waals surface area contributed by atoms with Crippen molar-refractivity contribution in [3.05, 3.63) is 179 Å². The topological polar surface area (TPSA) is 17.3 Å². The molecule has 0 amide bonds. The fourth-order valence-electron chi connectivity index (χ4n) is 6.09. The zero-order chi connectivity index (χ0) is 30.2. The zero-order valence-corrected chi connectivity index (χ0v) is 24.5. The fourth-order valence-corrected chi connectivity index (χ4v) is 6.09. The number of nitrogens with zero attached hydrogens (tertiary/aromatic N) is 2. The molecule has 0 atom stereocenters. The van der Waals surface area contributed by atoms with Gasteiger partial charge in [-0.2, -0.15) is 0 Å². The molecule has 2 heterocycles. The molecule has 0 saturated carbocycles. The zero-order valence-electron chi connectivity index (χ0n) is 24.5. The molecule has 6 aromatic rings. The van der Waals surface area contributed by atoms with E-state index in [0.717, 1.165) is 55.4 Å². The van der Waals surface area contributed by atoms with E-state index in [2.05, 4.69) is 6.08 Å². The SMILES string of the molecule is Cc1ccc(-c2c3ccccc3c(/C(=C3\N=C(c4ccccc4)C=C3c3ccccc3)c3ccccc3)n2B(F)F)cc1C. The maximum Gasteiger partial charge on any atom is 0.678 e. The quantitative estimate of drug-likeness (QED) is 0.176. The number of hydrogen-bond donors (Lipinski definition) is 0. The number of benzene rings is 5. The molecule has 5 heteroatoms. The van der Waals surface area contributed by atoms with Crippen molar-refractivity contribution in [3.63, 3.8) is 0 Å². The van der Waals surface area contributed by atoms with Crippen molar-refractivity contribution in [2.24, 2.45) is 4.99 Å². The first kappa shape index (κ1) is 27.5. The molecular weight excluding hydrogens is 545 g/mol. The minimum atomic E-state index is -2.79. The predicted molar refractivity (Wildman–Crippen MR) is 180 cm³/mol. The van der Waals surface area contributed by atoms with E-state index in [-0.39, 0.29) is 0 Å². The highest BCUT2D eigenvalue weighted by atomic mass is 19.2. The Balaban J connectivity index is 1.63. The van der Waals surface area contributed by atoms with Crippen LogP contribution in [0, 0.1) is 13.8 Å². The summed E-state index contributed by atoms with van der Waals surface area (Å²) >= 11 is 0. The molecule has 0 spiro atoms. The van der Waals surface area contributed by atoms with Gasteiger partial charge < -0.3 is 4.48 Å². The van der Waals surface area contributed by atoms with Gasteiger partial charge in [-0.05, 0) is 53.8 Å². The van der Waals surface area contributed by atoms with E-state index in [9.17, 15) is 0 Å². The second kappa shape index (κ2) is 11.4. The highest BCUT2D eigenvalue weighted by molar-refractivity contribution is 6.43. The molecular formula is C39H29BF2N2. The van der Waals surface area contributed by atoms with Crippen molar-refractivity contribution in [1.29, 1.82) is 0 Å². The van der Waals surface area contributed by atoms with Crippen LogP contribution in [0.1, 0.15) is 33.5 Å². The normalized spacial score (nSPS) is 14.0. The van der Waals surface area contributed by atoms with E-state index in [1.807, 2.05) is 147 Å². The average Bonchev–Trinajstić information content (AvgIpc) is 3.65. The van der Waals surface area contributed by atoms with Crippen molar-refractivity contribution in [3.8, 4) is 11.3 Å². The minimum Gasteiger partial charge on any atom is -0.324 e. The molecule has 1 aromatic heterocycles. The number of allylic oxidation sites excluding steroid dienone is 2. The summed E-state index contributed by atoms with van der Waals surface area (Å²) < 4.78 is 32.4. The summed E-state index contributed by atoms with van der Waals surface area (Å²) in [6, 6.07) is 43.5. The van der Waals surface area contributed by atoms with E-state index in [4.69, 9.17) is 4.99 Å². The maximum atomic E-state index is 15.6. The Morgan fingerprint density at radius 3 is 1.84 bits per heavy atom. The van der Waals surface area contributed by atoms with Crippen LogP contribution in [0.15, 0.2) is 150 Å². The number of fused-ring (bicyclic) bond motifs is 1. The summed E-state index contributed by atoms with van der Waals surface area (Å²) in [6.07, 6.45) is 2.07. The van der Waals surface area contributed by atoms with Crippen LogP contribution in [0.4, 0.5) is 8.63 Å². The number of hydrogen-bond acceptors (Lipinski definition) is 1. The molecule has 2 nitrogen and oxygen atoms in total. The lowest BCUT2D eigenvalue weighted by molar-refractivity contribution is 0.630. The van der Waals surface area contributed by atoms with Crippen molar-refractivity contribution < 1.29 is 8.63 Å². The molecule has 0 unspecified atom stereocenters. The van der Waals surface area contributed by atoms with Gasteiger partial charge in [-0.25, -0.2) is 4.99 Å². The van der Waals surface area contributed by atoms with E-state index >= 15 is 8.63 Å². The van der Waals surface area contributed by atoms with Gasteiger partial charge >= 0.3 is 7.40 Å². The lowest BCUT2D eigenvalue weighted by Crippen LogP contribution is -2.18. The second-order valence-electron chi connectivity index (χ2n) is 11.1. The van der Waals surface area contributed by atoms with Gasteiger partial charge in [-0.1, -0.05) is 127 Å². The molecule has 5 aromatic carbocycles. The molecule has 7 rings (SSSR count). The lowest BCUT2D eigenvalue weighted by Gasteiger charge is -2.18. The molecule has 44 heavy (non-hydrogen) atoms. The molecule has 0 saturated heterocycles. The summed E-state index contributed by atoms with van der Waals surface area (Å²) in [5.74, 6) is 0.